The number of nitrogens with one attached hydrogen (secondary N) is 1. The summed E-state index contributed by atoms with van der Waals surface area (Å²) in [5.74, 6) is 0. The van der Waals surface area contributed by atoms with Gasteiger partial charge >= 0.3 is 0 Å². The highest BCUT2D eigenvalue weighted by atomic mass is 79.9. The van der Waals surface area contributed by atoms with E-state index in [2.05, 4.69) is 32.8 Å². The number of hydrogen-bond donors (Lipinski definition) is 1. The van der Waals surface area contributed by atoms with Crippen LogP contribution < -0.4 is 0 Å². The van der Waals surface area contributed by atoms with Gasteiger partial charge in [0.15, 0.2) is 10.4 Å². The van der Waals surface area contributed by atoms with Crippen molar-refractivity contribution >= 4 is 39.3 Å². The number of ether oxygens (including phenoxy) is 1. The molecule has 2 rings (SSSR count). The monoisotopic (exact) mass is 301 g/mol. The smallest absolute Gasteiger partial charge is 0.179 e. The fraction of sp³-hybridized carbons (Fsp3) is 0.400. The van der Waals surface area contributed by atoms with Crippen LogP contribution in [-0.2, 0) is 4.74 Å². The molecule has 0 aliphatic rings. The molecule has 0 radical (unpaired) electrons. The zero-order chi connectivity index (χ0) is 11.7. The van der Waals surface area contributed by atoms with E-state index in [1.54, 1.807) is 13.3 Å². The highest BCUT2D eigenvalue weighted by Crippen LogP contribution is 2.20. The van der Waals surface area contributed by atoms with Crippen molar-refractivity contribution in [2.45, 2.75) is 13.0 Å². The highest BCUT2D eigenvalue weighted by Gasteiger charge is 2.11. The Labute approximate surface area is 107 Å². The molecule has 0 aromatic carbocycles. The van der Waals surface area contributed by atoms with Crippen LogP contribution in [0.2, 0.25) is 0 Å². The predicted octanol–water partition coefficient (Wildman–Crippen LogP) is 3.06. The predicted molar refractivity (Wildman–Crippen MR) is 69.2 cm³/mol. The van der Waals surface area contributed by atoms with Crippen LogP contribution in [0.3, 0.4) is 0 Å². The van der Waals surface area contributed by atoms with E-state index in [9.17, 15) is 0 Å². The number of hydrogen-bond acceptors (Lipinski definition) is 3. The maximum atomic E-state index is 5.28. The topological polar surface area (TPSA) is 42.8 Å². The zero-order valence-electron chi connectivity index (χ0n) is 9.03. The number of halogens is 1. The van der Waals surface area contributed by atoms with E-state index in [1.807, 2.05) is 10.6 Å². The zero-order valence-corrected chi connectivity index (χ0v) is 11.4. The Bertz CT molecular complexity index is 563. The summed E-state index contributed by atoms with van der Waals surface area (Å²) in [6.45, 7) is 2.66. The van der Waals surface area contributed by atoms with Gasteiger partial charge in [0.2, 0.25) is 0 Å². The Morgan fingerprint density at radius 3 is 3.12 bits per heavy atom. The van der Waals surface area contributed by atoms with Gasteiger partial charge in [-0.25, -0.2) is 4.98 Å². The van der Waals surface area contributed by atoms with Crippen molar-refractivity contribution in [2.75, 3.05) is 13.7 Å². The molecule has 2 heterocycles. The summed E-state index contributed by atoms with van der Waals surface area (Å²) in [6.07, 6.45) is 1.76. The van der Waals surface area contributed by atoms with E-state index in [0.717, 1.165) is 15.6 Å². The fourth-order valence-corrected chi connectivity index (χ4v) is 2.42. The second-order valence-corrected chi connectivity index (χ2v) is 4.93. The molecule has 0 bridgehead atoms. The summed E-state index contributed by atoms with van der Waals surface area (Å²) in [5.41, 5.74) is 1.79. The molecule has 86 valence electrons. The Morgan fingerprint density at radius 1 is 1.69 bits per heavy atom. The molecule has 4 nitrogen and oxygen atoms in total. The Morgan fingerprint density at radius 2 is 2.44 bits per heavy atom. The van der Waals surface area contributed by atoms with Crippen LogP contribution in [0, 0.1) is 4.77 Å². The molecule has 0 aliphatic heterocycles. The number of aromatic amines is 1. The quantitative estimate of drug-likeness (QED) is 0.886. The first-order valence-electron chi connectivity index (χ1n) is 4.88. The molecular weight excluding hydrogens is 290 g/mol. The first-order chi connectivity index (χ1) is 7.63. The molecule has 1 N–H and O–H groups in total. The van der Waals surface area contributed by atoms with Crippen LogP contribution in [0.1, 0.15) is 13.0 Å². The van der Waals surface area contributed by atoms with Gasteiger partial charge in [0, 0.05) is 17.8 Å². The average molecular weight is 302 g/mol. The summed E-state index contributed by atoms with van der Waals surface area (Å²) < 4.78 is 8.71. The molecule has 0 saturated carbocycles. The normalized spacial score (nSPS) is 13.2. The molecule has 2 aromatic rings. The molecule has 0 spiro atoms. The Hall–Kier alpha value is -0.720. The van der Waals surface area contributed by atoms with Gasteiger partial charge in [-0.15, -0.1) is 0 Å². The first-order valence-corrected chi connectivity index (χ1v) is 6.08. The van der Waals surface area contributed by atoms with Crippen molar-refractivity contribution in [3.63, 3.8) is 0 Å². The van der Waals surface area contributed by atoms with Crippen LogP contribution in [0.15, 0.2) is 16.7 Å². The summed E-state index contributed by atoms with van der Waals surface area (Å²) in [4.78, 5) is 7.50. The number of pyridine rings is 1. The number of imidazole rings is 1. The second kappa shape index (κ2) is 4.65. The van der Waals surface area contributed by atoms with Crippen molar-refractivity contribution in [2.24, 2.45) is 0 Å². The van der Waals surface area contributed by atoms with E-state index in [-0.39, 0.29) is 6.04 Å². The summed E-state index contributed by atoms with van der Waals surface area (Å²) in [6, 6.07) is 2.13. The van der Waals surface area contributed by atoms with Crippen LogP contribution >= 0.6 is 28.1 Å². The third kappa shape index (κ3) is 2.05. The highest BCUT2D eigenvalue weighted by molar-refractivity contribution is 9.10. The van der Waals surface area contributed by atoms with Crippen molar-refractivity contribution < 1.29 is 4.74 Å². The molecule has 16 heavy (non-hydrogen) atoms. The van der Waals surface area contributed by atoms with Crippen LogP contribution in [0.5, 0.6) is 0 Å². The third-order valence-electron chi connectivity index (χ3n) is 2.37. The number of rotatable bonds is 3. The molecule has 0 fully saturated rings. The lowest BCUT2D eigenvalue weighted by Gasteiger charge is -2.12. The van der Waals surface area contributed by atoms with E-state index >= 15 is 0 Å². The lowest BCUT2D eigenvalue weighted by molar-refractivity contribution is 0.163. The van der Waals surface area contributed by atoms with Gasteiger partial charge < -0.3 is 9.72 Å². The number of H-pyrrole nitrogens is 1. The van der Waals surface area contributed by atoms with Gasteiger partial charge in [-0.3, -0.25) is 4.57 Å². The van der Waals surface area contributed by atoms with E-state index < -0.39 is 0 Å². The van der Waals surface area contributed by atoms with E-state index in [4.69, 9.17) is 17.0 Å². The van der Waals surface area contributed by atoms with Crippen molar-refractivity contribution in [3.8, 4) is 0 Å². The van der Waals surface area contributed by atoms with Crippen molar-refractivity contribution in [1.29, 1.82) is 0 Å². The van der Waals surface area contributed by atoms with Gasteiger partial charge in [-0.2, -0.15) is 0 Å². The summed E-state index contributed by atoms with van der Waals surface area (Å²) >= 11 is 8.67. The van der Waals surface area contributed by atoms with Crippen LogP contribution in [0.4, 0.5) is 0 Å². The minimum Gasteiger partial charge on any atom is -0.383 e. The first kappa shape index (κ1) is 11.8. The van der Waals surface area contributed by atoms with Crippen LogP contribution in [0.25, 0.3) is 11.2 Å². The molecule has 1 unspecified atom stereocenters. The molecule has 2 aromatic heterocycles. The number of fused-ring (bicyclic) bond motifs is 1. The lowest BCUT2D eigenvalue weighted by Crippen LogP contribution is -2.11. The maximum Gasteiger partial charge on any atom is 0.179 e. The summed E-state index contributed by atoms with van der Waals surface area (Å²) in [5, 5.41) is 0. The molecule has 1 atom stereocenters. The van der Waals surface area contributed by atoms with E-state index in [1.165, 1.54) is 0 Å². The number of nitrogens with zero attached hydrogens (tertiary/aromatic N) is 2. The average Bonchev–Trinajstić information content (AvgIpc) is 2.53. The Kier molecular flexibility index (Phi) is 3.41. The maximum absolute atomic E-state index is 5.28. The molecule has 0 aliphatic carbocycles. The van der Waals surface area contributed by atoms with Crippen molar-refractivity contribution in [1.82, 2.24) is 14.5 Å². The van der Waals surface area contributed by atoms with Gasteiger partial charge in [0.05, 0.1) is 18.2 Å². The fourth-order valence-electron chi connectivity index (χ4n) is 1.71. The summed E-state index contributed by atoms with van der Waals surface area (Å²) in [7, 11) is 1.68. The van der Waals surface area contributed by atoms with Gasteiger partial charge in [-0.1, -0.05) is 0 Å². The molecule has 0 saturated heterocycles. The molecule has 6 heteroatoms. The third-order valence-corrected chi connectivity index (χ3v) is 3.10. The Balaban J connectivity index is 2.60. The molecular formula is C10H12BrN3OS. The van der Waals surface area contributed by atoms with Gasteiger partial charge in [0.1, 0.15) is 0 Å². The van der Waals surface area contributed by atoms with Gasteiger partial charge in [-0.05, 0) is 41.1 Å². The number of aromatic nitrogens is 3. The van der Waals surface area contributed by atoms with Gasteiger partial charge in [0.25, 0.3) is 0 Å². The lowest BCUT2D eigenvalue weighted by atomic mass is 10.3. The number of methoxy groups -OCH3 is 1. The van der Waals surface area contributed by atoms with E-state index in [0.29, 0.717) is 11.4 Å². The minimum atomic E-state index is 0.167. The largest absolute Gasteiger partial charge is 0.383 e. The standard InChI is InChI=1S/C10H12BrN3OS/c1-6(5-15-2)14-9-8(13-10(14)16)3-7(11)4-12-9/h3-4,6H,5H2,1-2H3,(H,13,16). The molecule has 0 amide bonds. The minimum absolute atomic E-state index is 0.167. The van der Waals surface area contributed by atoms with Crippen LogP contribution in [-0.4, -0.2) is 28.3 Å². The SMILES string of the molecule is COCC(C)n1c(=S)[nH]c2cc(Br)cnc21. The van der Waals surface area contributed by atoms with Crippen molar-refractivity contribution in [3.05, 3.63) is 21.5 Å². The second-order valence-electron chi connectivity index (χ2n) is 3.63.